The number of rotatable bonds is 4. The van der Waals surface area contributed by atoms with E-state index in [2.05, 4.69) is 0 Å². The van der Waals surface area contributed by atoms with Gasteiger partial charge in [0.2, 0.25) is 0 Å². The Balaban J connectivity index is 2.35. The van der Waals surface area contributed by atoms with Gasteiger partial charge in [-0.25, -0.2) is 4.39 Å². The predicted molar refractivity (Wildman–Crippen MR) is 78.4 cm³/mol. The lowest BCUT2D eigenvalue weighted by Gasteiger charge is -2.14. The van der Waals surface area contributed by atoms with E-state index in [9.17, 15) is 4.39 Å². The lowest BCUT2D eigenvalue weighted by atomic mass is 10.0. The molecule has 1 unspecified atom stereocenters. The van der Waals surface area contributed by atoms with Crippen LogP contribution in [0.2, 0.25) is 0 Å². The van der Waals surface area contributed by atoms with Crippen LogP contribution in [0.4, 0.5) is 4.39 Å². The van der Waals surface area contributed by atoms with E-state index in [-0.39, 0.29) is 5.75 Å². The second-order valence-electron chi connectivity index (χ2n) is 4.49. The van der Waals surface area contributed by atoms with E-state index < -0.39 is 11.2 Å². The summed E-state index contributed by atoms with van der Waals surface area (Å²) in [5.41, 5.74) is 2.57. The summed E-state index contributed by atoms with van der Waals surface area (Å²) in [6.07, 6.45) is 0. The number of hydrogen-bond donors (Lipinski definition) is 0. The largest absolute Gasteiger partial charge is 0.496 e. The van der Waals surface area contributed by atoms with Crippen LogP contribution in [0.5, 0.6) is 11.5 Å². The second-order valence-corrected chi connectivity index (χ2v) is 4.92. The summed E-state index contributed by atoms with van der Waals surface area (Å²) in [4.78, 5) is 0. The Labute approximate surface area is 123 Å². The molecule has 1 atom stereocenters. The summed E-state index contributed by atoms with van der Waals surface area (Å²) >= 11 is 6.42. The Bertz CT molecular complexity index is 613. The molecule has 2 rings (SSSR count). The Hall–Kier alpha value is -1.74. The van der Waals surface area contributed by atoms with Crippen LogP contribution in [0.3, 0.4) is 0 Å². The number of methoxy groups -OCH3 is 2. The van der Waals surface area contributed by atoms with Crippen molar-refractivity contribution in [3.63, 3.8) is 0 Å². The maximum Gasteiger partial charge on any atom is 0.165 e. The van der Waals surface area contributed by atoms with Crippen molar-refractivity contribution >= 4 is 11.6 Å². The van der Waals surface area contributed by atoms with E-state index in [4.69, 9.17) is 21.1 Å². The van der Waals surface area contributed by atoms with Gasteiger partial charge in [-0.3, -0.25) is 0 Å². The highest BCUT2D eigenvalue weighted by Gasteiger charge is 2.15. The maximum absolute atomic E-state index is 13.7. The lowest BCUT2D eigenvalue weighted by Crippen LogP contribution is -1.97. The van der Waals surface area contributed by atoms with Crippen molar-refractivity contribution in [1.82, 2.24) is 0 Å². The molecule has 4 heteroatoms. The second kappa shape index (κ2) is 6.14. The van der Waals surface area contributed by atoms with Crippen LogP contribution >= 0.6 is 11.6 Å². The van der Waals surface area contributed by atoms with E-state index in [0.29, 0.717) is 5.56 Å². The third kappa shape index (κ3) is 2.88. The van der Waals surface area contributed by atoms with Crippen molar-refractivity contribution < 1.29 is 13.9 Å². The molecule has 0 aliphatic heterocycles. The molecule has 0 aromatic heterocycles. The summed E-state index contributed by atoms with van der Waals surface area (Å²) < 4.78 is 23.9. The average Bonchev–Trinajstić information content (AvgIpc) is 2.47. The van der Waals surface area contributed by atoms with E-state index in [1.807, 2.05) is 25.1 Å². The molecule has 0 heterocycles. The number of hydrogen-bond acceptors (Lipinski definition) is 2. The highest BCUT2D eigenvalue weighted by molar-refractivity contribution is 6.22. The minimum absolute atomic E-state index is 0.208. The number of aryl methyl sites for hydroxylation is 1. The Morgan fingerprint density at radius 3 is 2.15 bits per heavy atom. The number of alkyl halides is 1. The third-order valence-electron chi connectivity index (χ3n) is 3.19. The highest BCUT2D eigenvalue weighted by atomic mass is 35.5. The van der Waals surface area contributed by atoms with Gasteiger partial charge in [-0.1, -0.05) is 18.2 Å². The summed E-state index contributed by atoms with van der Waals surface area (Å²) in [6.45, 7) is 1.96. The SMILES string of the molecule is COc1cc(C(Cl)c2ccc(OC)c(F)c2)ccc1C. The molecule has 2 aromatic carbocycles. The Morgan fingerprint density at radius 2 is 1.55 bits per heavy atom. The van der Waals surface area contributed by atoms with Crippen molar-refractivity contribution in [2.45, 2.75) is 12.3 Å². The normalized spacial score (nSPS) is 12.1. The summed E-state index contributed by atoms with van der Waals surface area (Å²) in [5, 5.41) is -0.440. The zero-order valence-corrected chi connectivity index (χ0v) is 12.4. The standard InChI is InChI=1S/C16H16ClFO2/c1-10-4-5-12(9-15(10)20-3)16(17)11-6-7-14(19-2)13(18)8-11/h4-9,16H,1-3H3. The molecule has 0 bridgehead atoms. The third-order valence-corrected chi connectivity index (χ3v) is 3.70. The molecule has 0 amide bonds. The minimum Gasteiger partial charge on any atom is -0.496 e. The molecule has 0 radical (unpaired) electrons. The molecule has 0 aliphatic rings. The predicted octanol–water partition coefficient (Wildman–Crippen LogP) is 4.48. The van der Waals surface area contributed by atoms with Crippen LogP contribution < -0.4 is 9.47 Å². The van der Waals surface area contributed by atoms with Gasteiger partial charge >= 0.3 is 0 Å². The van der Waals surface area contributed by atoms with Crippen molar-refractivity contribution in [2.75, 3.05) is 14.2 Å². The quantitative estimate of drug-likeness (QED) is 0.774. The van der Waals surface area contributed by atoms with Crippen molar-refractivity contribution in [3.8, 4) is 11.5 Å². The molecule has 2 nitrogen and oxygen atoms in total. The summed E-state index contributed by atoms with van der Waals surface area (Å²) in [6, 6.07) is 10.4. The molecule has 20 heavy (non-hydrogen) atoms. The van der Waals surface area contributed by atoms with E-state index in [0.717, 1.165) is 16.9 Å². The first-order chi connectivity index (χ1) is 9.56. The fraction of sp³-hybridized carbons (Fsp3) is 0.250. The van der Waals surface area contributed by atoms with Crippen LogP contribution in [-0.2, 0) is 0 Å². The molecule has 106 valence electrons. The zero-order chi connectivity index (χ0) is 14.7. The Kier molecular flexibility index (Phi) is 4.50. The lowest BCUT2D eigenvalue weighted by molar-refractivity contribution is 0.386. The topological polar surface area (TPSA) is 18.5 Å². The molecule has 0 saturated heterocycles. The molecule has 0 saturated carbocycles. The molecule has 0 spiro atoms. The molecule has 2 aromatic rings. The number of halogens is 2. The first kappa shape index (κ1) is 14.7. The van der Waals surface area contributed by atoms with Crippen LogP contribution in [-0.4, -0.2) is 14.2 Å². The van der Waals surface area contributed by atoms with Gasteiger partial charge in [-0.2, -0.15) is 0 Å². The van der Waals surface area contributed by atoms with Gasteiger partial charge in [0.25, 0.3) is 0 Å². The van der Waals surface area contributed by atoms with E-state index in [1.54, 1.807) is 19.2 Å². The average molecular weight is 295 g/mol. The van der Waals surface area contributed by atoms with Crippen LogP contribution in [0.25, 0.3) is 0 Å². The number of benzene rings is 2. The van der Waals surface area contributed by atoms with Gasteiger partial charge in [0, 0.05) is 0 Å². The van der Waals surface area contributed by atoms with Crippen LogP contribution in [0.15, 0.2) is 36.4 Å². The molecule has 0 aliphatic carbocycles. The van der Waals surface area contributed by atoms with Gasteiger partial charge < -0.3 is 9.47 Å². The van der Waals surface area contributed by atoms with Gasteiger partial charge in [-0.05, 0) is 41.8 Å². The molecule has 0 fully saturated rings. The minimum atomic E-state index is -0.440. The smallest absolute Gasteiger partial charge is 0.165 e. The van der Waals surface area contributed by atoms with Crippen molar-refractivity contribution in [3.05, 3.63) is 58.9 Å². The first-order valence-corrected chi connectivity index (χ1v) is 6.62. The monoisotopic (exact) mass is 294 g/mol. The maximum atomic E-state index is 13.7. The van der Waals surface area contributed by atoms with Gasteiger partial charge in [0.1, 0.15) is 5.75 Å². The zero-order valence-electron chi connectivity index (χ0n) is 11.6. The number of ether oxygens (including phenoxy) is 2. The summed E-state index contributed by atoms with van der Waals surface area (Å²) in [7, 11) is 3.05. The fourth-order valence-corrected chi connectivity index (χ4v) is 2.30. The van der Waals surface area contributed by atoms with E-state index >= 15 is 0 Å². The fourth-order valence-electron chi connectivity index (χ4n) is 2.03. The first-order valence-electron chi connectivity index (χ1n) is 6.19. The Morgan fingerprint density at radius 1 is 0.950 bits per heavy atom. The molecular formula is C16H16ClFO2. The summed E-state index contributed by atoms with van der Waals surface area (Å²) in [5.74, 6) is 0.552. The van der Waals surface area contributed by atoms with Gasteiger partial charge in [-0.15, -0.1) is 11.6 Å². The van der Waals surface area contributed by atoms with Gasteiger partial charge in [0.15, 0.2) is 11.6 Å². The van der Waals surface area contributed by atoms with Crippen molar-refractivity contribution in [1.29, 1.82) is 0 Å². The van der Waals surface area contributed by atoms with Crippen molar-refractivity contribution in [2.24, 2.45) is 0 Å². The molecule has 0 N–H and O–H groups in total. The highest BCUT2D eigenvalue weighted by Crippen LogP contribution is 2.33. The van der Waals surface area contributed by atoms with E-state index in [1.165, 1.54) is 13.2 Å². The van der Waals surface area contributed by atoms with Crippen LogP contribution in [0.1, 0.15) is 22.1 Å². The van der Waals surface area contributed by atoms with Gasteiger partial charge in [0.05, 0.1) is 19.6 Å². The molecular weight excluding hydrogens is 279 g/mol. The van der Waals surface area contributed by atoms with Crippen LogP contribution in [0, 0.1) is 12.7 Å².